The maximum absolute atomic E-state index is 11.5. The molecule has 1 saturated carbocycles. The molecule has 1 fully saturated rings. The standard InChI is InChI=1S/C13H18N2O2/c1-10-6-8-11(9-7-10)14-13(16)15-17-12-4-2-3-5-12/h6-9,12H,2-5H2,1H3,(H2,14,15,16). The van der Waals surface area contributed by atoms with Gasteiger partial charge >= 0.3 is 6.03 Å². The van der Waals surface area contributed by atoms with E-state index in [1.54, 1.807) is 0 Å². The molecule has 4 heteroatoms. The number of anilines is 1. The smallest absolute Gasteiger partial charge is 0.306 e. The molecule has 0 unspecified atom stereocenters. The molecule has 2 amide bonds. The van der Waals surface area contributed by atoms with Crippen molar-refractivity contribution in [1.29, 1.82) is 0 Å². The highest BCUT2D eigenvalue weighted by molar-refractivity contribution is 5.88. The summed E-state index contributed by atoms with van der Waals surface area (Å²) in [5.74, 6) is 0. The lowest BCUT2D eigenvalue weighted by atomic mass is 10.2. The van der Waals surface area contributed by atoms with E-state index in [9.17, 15) is 4.79 Å². The van der Waals surface area contributed by atoms with Crippen LogP contribution in [0.1, 0.15) is 31.2 Å². The van der Waals surface area contributed by atoms with Crippen LogP contribution in [0.15, 0.2) is 24.3 Å². The first kappa shape index (κ1) is 11.9. The van der Waals surface area contributed by atoms with Crippen LogP contribution in [0.5, 0.6) is 0 Å². The van der Waals surface area contributed by atoms with Crippen molar-refractivity contribution in [3.63, 3.8) is 0 Å². The lowest BCUT2D eigenvalue weighted by Gasteiger charge is -2.12. The summed E-state index contributed by atoms with van der Waals surface area (Å²) in [6.45, 7) is 2.01. The van der Waals surface area contributed by atoms with Crippen LogP contribution < -0.4 is 10.8 Å². The molecule has 1 aromatic carbocycles. The van der Waals surface area contributed by atoms with Crippen molar-refractivity contribution < 1.29 is 9.63 Å². The van der Waals surface area contributed by atoms with Crippen molar-refractivity contribution in [2.75, 3.05) is 5.32 Å². The molecule has 17 heavy (non-hydrogen) atoms. The highest BCUT2D eigenvalue weighted by Crippen LogP contribution is 2.19. The van der Waals surface area contributed by atoms with Gasteiger partial charge in [-0.25, -0.2) is 10.3 Å². The predicted octanol–water partition coefficient (Wildman–Crippen LogP) is 2.99. The summed E-state index contributed by atoms with van der Waals surface area (Å²) in [5.41, 5.74) is 4.37. The SMILES string of the molecule is Cc1ccc(NC(=O)NOC2CCCC2)cc1. The van der Waals surface area contributed by atoms with E-state index in [1.807, 2.05) is 31.2 Å². The molecule has 0 spiro atoms. The third kappa shape index (κ3) is 3.75. The Kier molecular flexibility index (Phi) is 3.98. The Balaban J connectivity index is 1.74. The van der Waals surface area contributed by atoms with Crippen LogP contribution in [0.2, 0.25) is 0 Å². The lowest BCUT2D eigenvalue weighted by Crippen LogP contribution is -2.32. The molecule has 0 radical (unpaired) electrons. The molecular formula is C13H18N2O2. The van der Waals surface area contributed by atoms with Gasteiger partial charge in [0.1, 0.15) is 0 Å². The van der Waals surface area contributed by atoms with Crippen molar-refractivity contribution in [2.24, 2.45) is 0 Å². The summed E-state index contributed by atoms with van der Waals surface area (Å²) in [6, 6.07) is 7.32. The molecule has 0 aromatic heterocycles. The van der Waals surface area contributed by atoms with Crippen molar-refractivity contribution in [3.8, 4) is 0 Å². The van der Waals surface area contributed by atoms with Crippen LogP contribution in [-0.4, -0.2) is 12.1 Å². The summed E-state index contributed by atoms with van der Waals surface area (Å²) >= 11 is 0. The molecule has 0 bridgehead atoms. The van der Waals surface area contributed by atoms with Gasteiger partial charge in [0, 0.05) is 5.69 Å². The second-order valence-electron chi connectivity index (χ2n) is 4.45. The van der Waals surface area contributed by atoms with Crippen molar-refractivity contribution in [1.82, 2.24) is 5.48 Å². The van der Waals surface area contributed by atoms with Crippen molar-refractivity contribution >= 4 is 11.7 Å². The Bertz CT molecular complexity index is 370. The minimum Gasteiger partial charge on any atom is -0.306 e. The summed E-state index contributed by atoms with van der Waals surface area (Å²) in [6.07, 6.45) is 4.62. The Morgan fingerprint density at radius 1 is 1.24 bits per heavy atom. The number of rotatable bonds is 3. The van der Waals surface area contributed by atoms with Gasteiger partial charge in [-0.15, -0.1) is 0 Å². The first-order valence-electron chi connectivity index (χ1n) is 6.03. The zero-order chi connectivity index (χ0) is 12.1. The second-order valence-corrected chi connectivity index (χ2v) is 4.45. The Hall–Kier alpha value is -1.55. The van der Waals surface area contributed by atoms with Crippen LogP contribution in [-0.2, 0) is 4.84 Å². The van der Waals surface area contributed by atoms with E-state index in [1.165, 1.54) is 12.8 Å². The lowest BCUT2D eigenvalue weighted by molar-refractivity contribution is 0.00336. The van der Waals surface area contributed by atoms with E-state index >= 15 is 0 Å². The Morgan fingerprint density at radius 3 is 2.53 bits per heavy atom. The summed E-state index contributed by atoms with van der Waals surface area (Å²) in [4.78, 5) is 16.8. The number of urea groups is 1. The number of hydrogen-bond donors (Lipinski definition) is 2. The number of carbonyl (C=O) groups excluding carboxylic acids is 1. The monoisotopic (exact) mass is 234 g/mol. The zero-order valence-electron chi connectivity index (χ0n) is 10.0. The fourth-order valence-electron chi connectivity index (χ4n) is 1.94. The molecule has 0 aliphatic heterocycles. The van der Waals surface area contributed by atoms with Gasteiger partial charge in [0.05, 0.1) is 6.10 Å². The first-order chi connectivity index (χ1) is 8.24. The maximum atomic E-state index is 11.5. The topological polar surface area (TPSA) is 50.4 Å². The summed E-state index contributed by atoms with van der Waals surface area (Å²) in [7, 11) is 0. The number of aryl methyl sites for hydroxylation is 1. The van der Waals surface area contributed by atoms with E-state index in [-0.39, 0.29) is 12.1 Å². The fourth-order valence-corrected chi connectivity index (χ4v) is 1.94. The largest absolute Gasteiger partial charge is 0.343 e. The minimum absolute atomic E-state index is 0.179. The second kappa shape index (κ2) is 5.68. The normalized spacial score (nSPS) is 15.8. The van der Waals surface area contributed by atoms with E-state index < -0.39 is 0 Å². The minimum atomic E-state index is -0.319. The van der Waals surface area contributed by atoms with Crippen LogP contribution in [0.4, 0.5) is 10.5 Å². The molecule has 1 aliphatic carbocycles. The first-order valence-corrected chi connectivity index (χ1v) is 6.03. The van der Waals surface area contributed by atoms with Gasteiger partial charge in [0.15, 0.2) is 0 Å². The average Bonchev–Trinajstić information content (AvgIpc) is 2.83. The molecule has 92 valence electrons. The van der Waals surface area contributed by atoms with Gasteiger partial charge in [-0.2, -0.15) is 0 Å². The average molecular weight is 234 g/mol. The van der Waals surface area contributed by atoms with Gasteiger partial charge in [-0.3, -0.25) is 4.84 Å². The van der Waals surface area contributed by atoms with Crippen molar-refractivity contribution in [3.05, 3.63) is 29.8 Å². The molecule has 2 rings (SSSR count). The maximum Gasteiger partial charge on any atom is 0.343 e. The summed E-state index contributed by atoms with van der Waals surface area (Å²) < 4.78 is 0. The zero-order valence-corrected chi connectivity index (χ0v) is 10.0. The number of carbonyl (C=O) groups is 1. The van der Waals surface area contributed by atoms with Gasteiger partial charge in [-0.1, -0.05) is 30.5 Å². The number of amides is 2. The van der Waals surface area contributed by atoms with E-state index in [2.05, 4.69) is 10.8 Å². The van der Waals surface area contributed by atoms with Crippen LogP contribution in [0.25, 0.3) is 0 Å². The fraction of sp³-hybridized carbons (Fsp3) is 0.462. The Morgan fingerprint density at radius 2 is 1.88 bits per heavy atom. The number of benzene rings is 1. The third-order valence-corrected chi connectivity index (χ3v) is 2.93. The van der Waals surface area contributed by atoms with Crippen LogP contribution in [0.3, 0.4) is 0 Å². The quantitative estimate of drug-likeness (QED) is 0.790. The van der Waals surface area contributed by atoms with E-state index in [0.717, 1.165) is 24.1 Å². The third-order valence-electron chi connectivity index (χ3n) is 2.93. The number of hydrogen-bond acceptors (Lipinski definition) is 2. The Labute approximate surface area is 101 Å². The number of nitrogens with one attached hydrogen (secondary N) is 2. The molecule has 1 aromatic rings. The summed E-state index contributed by atoms with van der Waals surface area (Å²) in [5, 5.41) is 2.72. The van der Waals surface area contributed by atoms with Gasteiger partial charge in [0.25, 0.3) is 0 Å². The van der Waals surface area contributed by atoms with Gasteiger partial charge in [0.2, 0.25) is 0 Å². The molecule has 4 nitrogen and oxygen atoms in total. The number of hydroxylamine groups is 1. The van der Waals surface area contributed by atoms with Gasteiger partial charge < -0.3 is 5.32 Å². The van der Waals surface area contributed by atoms with E-state index in [4.69, 9.17) is 4.84 Å². The molecule has 1 aliphatic rings. The van der Waals surface area contributed by atoms with Crippen LogP contribution in [0, 0.1) is 6.92 Å². The molecule has 0 atom stereocenters. The van der Waals surface area contributed by atoms with Crippen LogP contribution >= 0.6 is 0 Å². The molecule has 0 heterocycles. The highest BCUT2D eigenvalue weighted by atomic mass is 16.7. The highest BCUT2D eigenvalue weighted by Gasteiger charge is 2.16. The molecule has 0 saturated heterocycles. The molecule has 2 N–H and O–H groups in total. The van der Waals surface area contributed by atoms with Crippen molar-refractivity contribution in [2.45, 2.75) is 38.7 Å². The van der Waals surface area contributed by atoms with E-state index in [0.29, 0.717) is 0 Å². The predicted molar refractivity (Wildman–Crippen MR) is 66.7 cm³/mol. The molecular weight excluding hydrogens is 216 g/mol. The van der Waals surface area contributed by atoms with Gasteiger partial charge in [-0.05, 0) is 31.9 Å².